The lowest BCUT2D eigenvalue weighted by Crippen LogP contribution is -2.07. The van der Waals surface area contributed by atoms with Crippen molar-refractivity contribution < 1.29 is 27.1 Å². The predicted molar refractivity (Wildman–Crippen MR) is 41.9 cm³/mol. The third-order valence-electron chi connectivity index (χ3n) is 1.87. The fraction of sp³-hybridized carbons (Fsp3) is 0.222. The van der Waals surface area contributed by atoms with E-state index in [4.69, 9.17) is 0 Å². The summed E-state index contributed by atoms with van der Waals surface area (Å²) in [5.74, 6) is -6.07. The van der Waals surface area contributed by atoms with Gasteiger partial charge in [0.25, 0.3) is 6.47 Å². The van der Waals surface area contributed by atoms with E-state index in [-0.39, 0.29) is 6.47 Å². The van der Waals surface area contributed by atoms with Crippen LogP contribution in [0.1, 0.15) is 11.1 Å². The largest absolute Gasteiger partial charge is 0.463 e. The molecule has 0 spiro atoms. The Kier molecular flexibility index (Phi) is 3.28. The van der Waals surface area contributed by atoms with Gasteiger partial charge in [0.1, 0.15) is 6.61 Å². The molecule has 0 atom stereocenters. The average Bonchev–Trinajstić information content (AvgIpc) is 2.24. The van der Waals surface area contributed by atoms with Crippen LogP contribution in [-0.4, -0.2) is 6.47 Å². The Bertz CT molecular complexity index is 375. The molecule has 0 aliphatic heterocycles. The summed E-state index contributed by atoms with van der Waals surface area (Å²) < 4.78 is 56.0. The van der Waals surface area contributed by atoms with E-state index in [1.54, 1.807) is 0 Å². The van der Waals surface area contributed by atoms with Gasteiger partial charge in [-0.2, -0.15) is 0 Å². The Morgan fingerprint density at radius 3 is 1.93 bits per heavy atom. The van der Waals surface area contributed by atoms with Crippen LogP contribution in [0.3, 0.4) is 0 Å². The summed E-state index contributed by atoms with van der Waals surface area (Å²) in [5.41, 5.74) is -1.69. The van der Waals surface area contributed by atoms with Crippen LogP contribution in [0.15, 0.2) is 0 Å². The second-order valence-electron chi connectivity index (χ2n) is 2.77. The van der Waals surface area contributed by atoms with Crippen molar-refractivity contribution in [3.63, 3.8) is 0 Å². The Hall–Kier alpha value is -1.59. The lowest BCUT2D eigenvalue weighted by Gasteiger charge is -2.08. The van der Waals surface area contributed by atoms with Gasteiger partial charge in [0, 0.05) is 5.56 Å². The summed E-state index contributed by atoms with van der Waals surface area (Å²) in [4.78, 5) is 9.78. The van der Waals surface area contributed by atoms with Crippen LogP contribution in [0, 0.1) is 30.2 Å². The third kappa shape index (κ3) is 1.93. The van der Waals surface area contributed by atoms with Gasteiger partial charge in [-0.05, 0) is 6.92 Å². The summed E-state index contributed by atoms with van der Waals surface area (Å²) in [5, 5.41) is 0. The Labute approximate surface area is 82.5 Å². The molecule has 6 heteroatoms. The highest BCUT2D eigenvalue weighted by Gasteiger charge is 2.22. The molecule has 0 bridgehead atoms. The van der Waals surface area contributed by atoms with Crippen LogP contribution in [0.2, 0.25) is 0 Å². The first-order valence-corrected chi connectivity index (χ1v) is 3.87. The molecule has 2 nitrogen and oxygen atoms in total. The van der Waals surface area contributed by atoms with Gasteiger partial charge in [-0.1, -0.05) is 0 Å². The van der Waals surface area contributed by atoms with Gasteiger partial charge in [0.15, 0.2) is 23.3 Å². The van der Waals surface area contributed by atoms with E-state index in [0.29, 0.717) is 0 Å². The number of halogens is 4. The average molecular weight is 222 g/mol. The normalized spacial score (nSPS) is 10.2. The number of hydrogen-bond acceptors (Lipinski definition) is 2. The fourth-order valence-electron chi connectivity index (χ4n) is 1.03. The van der Waals surface area contributed by atoms with Crippen LogP contribution >= 0.6 is 0 Å². The van der Waals surface area contributed by atoms with Crippen molar-refractivity contribution in [2.75, 3.05) is 0 Å². The highest BCUT2D eigenvalue weighted by atomic mass is 19.2. The SMILES string of the molecule is Cc1c(F)c(F)c(COC=O)c(F)c1F. The van der Waals surface area contributed by atoms with Crippen molar-refractivity contribution >= 4 is 6.47 Å². The molecule has 1 aromatic rings. The van der Waals surface area contributed by atoms with Crippen molar-refractivity contribution in [1.82, 2.24) is 0 Å². The summed E-state index contributed by atoms with van der Waals surface area (Å²) >= 11 is 0. The van der Waals surface area contributed by atoms with E-state index >= 15 is 0 Å². The monoisotopic (exact) mass is 222 g/mol. The van der Waals surface area contributed by atoms with Gasteiger partial charge in [-0.3, -0.25) is 4.79 Å². The van der Waals surface area contributed by atoms with E-state index in [0.717, 1.165) is 6.92 Å². The standard InChI is InChI=1S/C9H6F4O2/c1-4-6(10)8(12)5(2-15-3-14)9(13)7(4)11/h3H,2H2,1H3. The number of rotatable bonds is 3. The zero-order chi connectivity index (χ0) is 11.6. The maximum absolute atomic E-state index is 13.0. The van der Waals surface area contributed by atoms with Crippen molar-refractivity contribution in [3.8, 4) is 0 Å². The quantitative estimate of drug-likeness (QED) is 0.445. The van der Waals surface area contributed by atoms with Gasteiger partial charge < -0.3 is 4.74 Å². The van der Waals surface area contributed by atoms with E-state index in [9.17, 15) is 22.4 Å². The van der Waals surface area contributed by atoms with Crippen molar-refractivity contribution in [2.24, 2.45) is 0 Å². The molecule has 0 N–H and O–H groups in total. The minimum atomic E-state index is -1.55. The molecule has 0 saturated heterocycles. The molecule has 0 aromatic heterocycles. The molecule has 0 unspecified atom stereocenters. The first kappa shape index (κ1) is 11.5. The molecule has 0 aliphatic rings. The molecular weight excluding hydrogens is 216 g/mol. The maximum Gasteiger partial charge on any atom is 0.293 e. The molecule has 0 aliphatic carbocycles. The number of carbonyl (C=O) groups is 1. The van der Waals surface area contributed by atoms with Gasteiger partial charge in [-0.15, -0.1) is 0 Å². The number of carbonyl (C=O) groups excluding carboxylic acids is 1. The van der Waals surface area contributed by atoms with Crippen molar-refractivity contribution in [2.45, 2.75) is 13.5 Å². The lowest BCUT2D eigenvalue weighted by atomic mass is 10.1. The molecular formula is C9H6F4O2. The number of ether oxygens (including phenoxy) is 1. The summed E-state index contributed by atoms with van der Waals surface area (Å²) in [7, 11) is 0. The molecule has 82 valence electrons. The van der Waals surface area contributed by atoms with Crippen LogP contribution in [0.4, 0.5) is 17.6 Å². The van der Waals surface area contributed by atoms with Gasteiger partial charge in [0.2, 0.25) is 0 Å². The van der Waals surface area contributed by atoms with E-state index in [2.05, 4.69) is 4.74 Å². The van der Waals surface area contributed by atoms with Gasteiger partial charge in [-0.25, -0.2) is 17.6 Å². The van der Waals surface area contributed by atoms with Gasteiger partial charge in [0.05, 0.1) is 5.56 Å². The fourth-order valence-corrected chi connectivity index (χ4v) is 1.03. The predicted octanol–water partition coefficient (Wildman–Crippen LogP) is 2.22. The minimum Gasteiger partial charge on any atom is -0.463 e. The van der Waals surface area contributed by atoms with Crippen LogP contribution in [0.25, 0.3) is 0 Å². The Morgan fingerprint density at radius 1 is 1.07 bits per heavy atom. The molecule has 1 rings (SSSR count). The van der Waals surface area contributed by atoms with Gasteiger partial charge >= 0.3 is 0 Å². The summed E-state index contributed by atoms with van der Waals surface area (Å²) in [6.45, 7) is -0.0228. The highest BCUT2D eigenvalue weighted by molar-refractivity contribution is 5.38. The van der Waals surface area contributed by atoms with Crippen LogP contribution in [0.5, 0.6) is 0 Å². The number of hydrogen-bond donors (Lipinski definition) is 0. The van der Waals surface area contributed by atoms with Crippen LogP contribution in [-0.2, 0) is 16.1 Å². The molecule has 0 saturated carbocycles. The smallest absolute Gasteiger partial charge is 0.293 e. The molecule has 0 fully saturated rings. The minimum absolute atomic E-state index is 0.0749. The Balaban J connectivity index is 3.31. The van der Waals surface area contributed by atoms with Crippen molar-refractivity contribution in [3.05, 3.63) is 34.4 Å². The number of benzene rings is 1. The lowest BCUT2D eigenvalue weighted by molar-refractivity contribution is -0.129. The Morgan fingerprint density at radius 2 is 1.53 bits per heavy atom. The second-order valence-corrected chi connectivity index (χ2v) is 2.77. The molecule has 1 aromatic carbocycles. The first-order valence-electron chi connectivity index (χ1n) is 3.87. The first-order chi connectivity index (χ1) is 7.00. The van der Waals surface area contributed by atoms with Crippen molar-refractivity contribution in [1.29, 1.82) is 0 Å². The molecule has 0 amide bonds. The molecule has 15 heavy (non-hydrogen) atoms. The summed E-state index contributed by atoms with van der Waals surface area (Å²) in [6, 6.07) is 0. The maximum atomic E-state index is 13.0. The third-order valence-corrected chi connectivity index (χ3v) is 1.87. The van der Waals surface area contributed by atoms with Crippen LogP contribution < -0.4 is 0 Å². The second kappa shape index (κ2) is 4.29. The zero-order valence-corrected chi connectivity index (χ0v) is 7.61. The van der Waals surface area contributed by atoms with E-state index in [1.165, 1.54) is 0 Å². The highest BCUT2D eigenvalue weighted by Crippen LogP contribution is 2.23. The molecule has 0 heterocycles. The molecule has 0 radical (unpaired) electrons. The van der Waals surface area contributed by atoms with E-state index in [1.807, 2.05) is 0 Å². The topological polar surface area (TPSA) is 26.3 Å². The zero-order valence-electron chi connectivity index (χ0n) is 7.61. The summed E-state index contributed by atoms with van der Waals surface area (Å²) in [6.07, 6.45) is 0. The van der Waals surface area contributed by atoms with E-state index < -0.39 is 41.0 Å².